The second kappa shape index (κ2) is 7.87. The minimum absolute atomic E-state index is 0.0672. The van der Waals surface area contributed by atoms with E-state index in [1.807, 2.05) is 19.2 Å². The molecule has 3 rings (SSSR count). The molecule has 0 spiro atoms. The molecular formula is C19H27N5O. The van der Waals surface area contributed by atoms with E-state index < -0.39 is 0 Å². The Balaban J connectivity index is 1.53. The molecule has 1 fully saturated rings. The summed E-state index contributed by atoms with van der Waals surface area (Å²) in [5, 5.41) is 0. The average molecular weight is 341 g/mol. The molecule has 0 saturated carbocycles. The van der Waals surface area contributed by atoms with Gasteiger partial charge in [-0.05, 0) is 50.8 Å². The van der Waals surface area contributed by atoms with E-state index in [4.69, 9.17) is 0 Å². The molecule has 6 nitrogen and oxygen atoms in total. The largest absolute Gasteiger partial charge is 0.299 e. The summed E-state index contributed by atoms with van der Waals surface area (Å²) in [6.45, 7) is 9.76. The predicted molar refractivity (Wildman–Crippen MR) is 97.4 cm³/mol. The molecule has 3 heterocycles. The number of piperidine rings is 1. The molecule has 0 aromatic carbocycles. The van der Waals surface area contributed by atoms with Crippen molar-refractivity contribution in [3.63, 3.8) is 0 Å². The van der Waals surface area contributed by atoms with Crippen molar-refractivity contribution in [3.05, 3.63) is 52.2 Å². The second-order valence-corrected chi connectivity index (χ2v) is 7.27. The van der Waals surface area contributed by atoms with Gasteiger partial charge in [0.1, 0.15) is 5.82 Å². The van der Waals surface area contributed by atoms with Gasteiger partial charge in [-0.2, -0.15) is 0 Å². The minimum Gasteiger partial charge on any atom is -0.299 e. The van der Waals surface area contributed by atoms with Gasteiger partial charge < -0.3 is 0 Å². The Bertz CT molecular complexity index is 762. The van der Waals surface area contributed by atoms with Gasteiger partial charge in [-0.1, -0.05) is 13.8 Å². The van der Waals surface area contributed by atoms with Crippen LogP contribution in [-0.2, 0) is 13.1 Å². The first-order valence-corrected chi connectivity index (χ1v) is 9.08. The number of nitrogens with zero attached hydrogens (tertiary/aromatic N) is 5. The quantitative estimate of drug-likeness (QED) is 0.835. The van der Waals surface area contributed by atoms with Crippen molar-refractivity contribution in [3.8, 4) is 0 Å². The second-order valence-electron chi connectivity index (χ2n) is 7.27. The van der Waals surface area contributed by atoms with Gasteiger partial charge in [0.25, 0.3) is 5.56 Å². The van der Waals surface area contributed by atoms with Crippen LogP contribution < -0.4 is 5.56 Å². The fourth-order valence-electron chi connectivity index (χ4n) is 3.32. The maximum atomic E-state index is 12.3. The molecule has 0 aliphatic carbocycles. The van der Waals surface area contributed by atoms with Crippen LogP contribution in [0.5, 0.6) is 0 Å². The topological polar surface area (TPSA) is 63.9 Å². The monoisotopic (exact) mass is 341 g/mol. The van der Waals surface area contributed by atoms with Crippen LogP contribution in [0, 0.1) is 12.8 Å². The van der Waals surface area contributed by atoms with Crippen LogP contribution >= 0.6 is 0 Å². The van der Waals surface area contributed by atoms with Crippen LogP contribution in [0.15, 0.2) is 29.5 Å². The van der Waals surface area contributed by atoms with E-state index >= 15 is 0 Å². The third-order valence-electron chi connectivity index (χ3n) is 4.87. The molecule has 25 heavy (non-hydrogen) atoms. The number of likely N-dealkylation sites (tertiary alicyclic amines) is 1. The van der Waals surface area contributed by atoms with E-state index in [-0.39, 0.29) is 11.5 Å². The lowest BCUT2D eigenvalue weighted by molar-refractivity contribution is 0.164. The van der Waals surface area contributed by atoms with E-state index in [0.29, 0.717) is 5.92 Å². The number of aryl methyl sites for hydroxylation is 1. The Hall–Kier alpha value is -2.08. The Morgan fingerprint density at radius 3 is 2.64 bits per heavy atom. The molecule has 134 valence electrons. The standard InChI is InChI=1S/C19H27N5O/c1-14(2)18-10-19(25)24(13-21-18)11-16-5-8-23(9-6-16)12-17-4-7-20-15(3)22-17/h4,7,10,13-14,16H,5-6,8-9,11-12H2,1-3H3. The Labute approximate surface area is 149 Å². The van der Waals surface area contributed by atoms with Crippen LogP contribution in [-0.4, -0.2) is 37.5 Å². The van der Waals surface area contributed by atoms with Crippen molar-refractivity contribution in [2.24, 2.45) is 5.92 Å². The molecule has 0 amide bonds. The lowest BCUT2D eigenvalue weighted by Crippen LogP contribution is -2.36. The Morgan fingerprint density at radius 1 is 1.24 bits per heavy atom. The molecular weight excluding hydrogens is 314 g/mol. The number of aromatic nitrogens is 4. The van der Waals surface area contributed by atoms with Crippen molar-refractivity contribution in [2.45, 2.75) is 52.6 Å². The molecule has 0 unspecified atom stereocenters. The Morgan fingerprint density at radius 2 is 2.00 bits per heavy atom. The predicted octanol–water partition coefficient (Wildman–Crippen LogP) is 2.38. The summed E-state index contributed by atoms with van der Waals surface area (Å²) in [7, 11) is 0. The maximum Gasteiger partial charge on any atom is 0.253 e. The highest BCUT2D eigenvalue weighted by Gasteiger charge is 2.20. The Kier molecular flexibility index (Phi) is 5.58. The van der Waals surface area contributed by atoms with Crippen molar-refractivity contribution in [1.82, 2.24) is 24.4 Å². The summed E-state index contributed by atoms with van der Waals surface area (Å²) >= 11 is 0. The van der Waals surface area contributed by atoms with Crippen molar-refractivity contribution >= 4 is 0 Å². The van der Waals surface area contributed by atoms with Crippen LogP contribution in [0.3, 0.4) is 0 Å². The SMILES string of the molecule is Cc1nccc(CN2CCC(Cn3cnc(C(C)C)cc3=O)CC2)n1. The fraction of sp³-hybridized carbons (Fsp3) is 0.579. The minimum atomic E-state index is 0.0672. The zero-order valence-electron chi connectivity index (χ0n) is 15.4. The molecule has 1 aliphatic rings. The highest BCUT2D eigenvalue weighted by Crippen LogP contribution is 2.20. The fourth-order valence-corrected chi connectivity index (χ4v) is 3.32. The molecule has 1 aliphatic heterocycles. The van der Waals surface area contributed by atoms with E-state index in [1.54, 1.807) is 17.0 Å². The summed E-state index contributed by atoms with van der Waals surface area (Å²) in [5.41, 5.74) is 2.02. The van der Waals surface area contributed by atoms with Gasteiger partial charge in [-0.15, -0.1) is 0 Å². The summed E-state index contributed by atoms with van der Waals surface area (Å²) < 4.78 is 1.76. The highest BCUT2D eigenvalue weighted by molar-refractivity contribution is 5.04. The molecule has 0 N–H and O–H groups in total. The van der Waals surface area contributed by atoms with Gasteiger partial charge in [0.15, 0.2) is 0 Å². The van der Waals surface area contributed by atoms with Gasteiger partial charge in [-0.3, -0.25) is 14.3 Å². The van der Waals surface area contributed by atoms with E-state index in [9.17, 15) is 4.79 Å². The van der Waals surface area contributed by atoms with Crippen LogP contribution in [0.4, 0.5) is 0 Å². The highest BCUT2D eigenvalue weighted by atomic mass is 16.1. The lowest BCUT2D eigenvalue weighted by Gasteiger charge is -2.31. The summed E-state index contributed by atoms with van der Waals surface area (Å²) in [5.74, 6) is 1.65. The third kappa shape index (κ3) is 4.72. The first-order chi connectivity index (χ1) is 12.0. The molecule has 0 radical (unpaired) electrons. The van der Waals surface area contributed by atoms with Crippen molar-refractivity contribution in [2.75, 3.05) is 13.1 Å². The van der Waals surface area contributed by atoms with E-state index in [2.05, 4.69) is 33.7 Å². The van der Waals surface area contributed by atoms with Gasteiger partial charge in [-0.25, -0.2) is 15.0 Å². The molecule has 1 saturated heterocycles. The molecule has 0 atom stereocenters. The van der Waals surface area contributed by atoms with E-state index in [0.717, 1.165) is 56.2 Å². The molecule has 6 heteroatoms. The van der Waals surface area contributed by atoms with Gasteiger partial charge in [0, 0.05) is 25.4 Å². The number of rotatable bonds is 5. The smallest absolute Gasteiger partial charge is 0.253 e. The number of hydrogen-bond donors (Lipinski definition) is 0. The zero-order valence-corrected chi connectivity index (χ0v) is 15.4. The van der Waals surface area contributed by atoms with Gasteiger partial charge >= 0.3 is 0 Å². The lowest BCUT2D eigenvalue weighted by atomic mass is 9.96. The zero-order chi connectivity index (χ0) is 17.8. The molecule has 0 bridgehead atoms. The van der Waals surface area contributed by atoms with Crippen molar-refractivity contribution < 1.29 is 0 Å². The summed E-state index contributed by atoms with van der Waals surface area (Å²) in [6, 6.07) is 3.66. The maximum absolute atomic E-state index is 12.3. The molecule has 2 aromatic rings. The van der Waals surface area contributed by atoms with Gasteiger partial charge in [0.05, 0.1) is 17.7 Å². The summed E-state index contributed by atoms with van der Waals surface area (Å²) in [4.78, 5) is 27.7. The van der Waals surface area contributed by atoms with Crippen LogP contribution in [0.2, 0.25) is 0 Å². The van der Waals surface area contributed by atoms with E-state index in [1.165, 1.54) is 0 Å². The first-order valence-electron chi connectivity index (χ1n) is 9.08. The molecule has 2 aromatic heterocycles. The number of hydrogen-bond acceptors (Lipinski definition) is 5. The third-order valence-corrected chi connectivity index (χ3v) is 4.87. The first kappa shape index (κ1) is 17.7. The van der Waals surface area contributed by atoms with Crippen LogP contribution in [0.25, 0.3) is 0 Å². The van der Waals surface area contributed by atoms with Crippen molar-refractivity contribution in [1.29, 1.82) is 0 Å². The summed E-state index contributed by atoms with van der Waals surface area (Å²) in [6.07, 6.45) is 5.74. The normalized spacial score (nSPS) is 16.5. The average Bonchev–Trinajstić information content (AvgIpc) is 2.58. The van der Waals surface area contributed by atoms with Crippen LogP contribution in [0.1, 0.15) is 49.8 Å². The van der Waals surface area contributed by atoms with Gasteiger partial charge in [0.2, 0.25) is 0 Å².